The van der Waals surface area contributed by atoms with Gasteiger partial charge in [0.2, 0.25) is 0 Å². The number of hydrogen-bond acceptors (Lipinski definition) is 4. The lowest BCUT2D eigenvalue weighted by molar-refractivity contribution is -0.135. The van der Waals surface area contributed by atoms with E-state index in [0.717, 1.165) is 11.1 Å². The van der Waals surface area contributed by atoms with E-state index in [1.165, 1.54) is 11.1 Å². The molecule has 162 valence electrons. The lowest BCUT2D eigenvalue weighted by Gasteiger charge is -2.11. The first-order valence-electron chi connectivity index (χ1n) is 10.3. The van der Waals surface area contributed by atoms with Crippen molar-refractivity contribution in [3.8, 4) is 23.3 Å². The second-order valence-corrected chi connectivity index (χ2v) is 7.23. The van der Waals surface area contributed by atoms with E-state index in [1.54, 1.807) is 31.4 Å². The fraction of sp³-hybridized carbons (Fsp3) is 0.179. The van der Waals surface area contributed by atoms with Crippen LogP contribution >= 0.6 is 0 Å². The van der Waals surface area contributed by atoms with E-state index in [2.05, 4.69) is 37.8 Å². The van der Waals surface area contributed by atoms with Crippen LogP contribution in [0.2, 0.25) is 0 Å². The first-order chi connectivity index (χ1) is 15.5. The molecule has 0 aliphatic rings. The Balaban J connectivity index is 1.53. The number of carbonyl (C=O) groups is 1. The summed E-state index contributed by atoms with van der Waals surface area (Å²) in [4.78, 5) is 11.9. The third-order valence-electron chi connectivity index (χ3n) is 4.86. The predicted octanol–water partition coefficient (Wildman–Crippen LogP) is 5.50. The van der Waals surface area contributed by atoms with Gasteiger partial charge in [-0.3, -0.25) is 0 Å². The Morgan fingerprint density at radius 3 is 2.50 bits per heavy atom. The summed E-state index contributed by atoms with van der Waals surface area (Å²) in [6.45, 7) is 4.74. The molecule has 32 heavy (non-hydrogen) atoms. The Bertz CT molecular complexity index is 1150. The van der Waals surface area contributed by atoms with Crippen LogP contribution in [-0.2, 0) is 16.1 Å². The van der Waals surface area contributed by atoms with Gasteiger partial charge in [0, 0.05) is 11.5 Å². The van der Waals surface area contributed by atoms with Crippen LogP contribution in [0.5, 0.6) is 11.5 Å². The highest BCUT2D eigenvalue weighted by Crippen LogP contribution is 2.28. The number of carbonyl (C=O) groups excluding carboxylic acids is 1. The Morgan fingerprint density at radius 1 is 0.938 bits per heavy atom. The van der Waals surface area contributed by atoms with Crippen molar-refractivity contribution in [1.29, 1.82) is 0 Å². The summed E-state index contributed by atoms with van der Waals surface area (Å²) in [7, 11) is 1.57. The van der Waals surface area contributed by atoms with Gasteiger partial charge < -0.3 is 14.2 Å². The van der Waals surface area contributed by atoms with E-state index in [1.807, 2.05) is 42.5 Å². The Morgan fingerprint density at radius 2 is 1.75 bits per heavy atom. The fourth-order valence-corrected chi connectivity index (χ4v) is 2.94. The van der Waals surface area contributed by atoms with Gasteiger partial charge in [-0.2, -0.15) is 0 Å². The Hall–Kier alpha value is -3.97. The normalized spacial score (nSPS) is 10.3. The molecule has 3 rings (SSSR count). The summed E-state index contributed by atoms with van der Waals surface area (Å²) in [5.41, 5.74) is 5.24. The zero-order chi connectivity index (χ0) is 22.8. The van der Waals surface area contributed by atoms with Crippen LogP contribution in [0, 0.1) is 25.7 Å². The van der Waals surface area contributed by atoms with Gasteiger partial charge >= 0.3 is 5.97 Å². The second kappa shape index (κ2) is 11.4. The average molecular weight is 427 g/mol. The quantitative estimate of drug-likeness (QED) is 0.370. The number of aryl methyl sites for hydroxylation is 2. The molecule has 0 aliphatic carbocycles. The van der Waals surface area contributed by atoms with Crippen molar-refractivity contribution in [3.63, 3.8) is 0 Å². The molecule has 0 aliphatic heterocycles. The average Bonchev–Trinajstić information content (AvgIpc) is 2.82. The zero-order valence-electron chi connectivity index (χ0n) is 18.6. The van der Waals surface area contributed by atoms with Crippen LogP contribution < -0.4 is 9.47 Å². The number of ether oxygens (including phenoxy) is 3. The highest BCUT2D eigenvalue weighted by molar-refractivity contribution is 5.89. The molecular weight excluding hydrogens is 400 g/mol. The van der Waals surface area contributed by atoms with Crippen LogP contribution in [0.1, 0.15) is 27.8 Å². The maximum absolute atomic E-state index is 11.9. The molecule has 4 heteroatoms. The summed E-state index contributed by atoms with van der Waals surface area (Å²) in [5.74, 6) is 5.89. The predicted molar refractivity (Wildman–Crippen MR) is 127 cm³/mol. The maximum Gasteiger partial charge on any atom is 0.385 e. The third-order valence-corrected chi connectivity index (χ3v) is 4.86. The van der Waals surface area contributed by atoms with E-state index in [-0.39, 0.29) is 6.61 Å². The van der Waals surface area contributed by atoms with Gasteiger partial charge in [0.05, 0.1) is 7.11 Å². The molecule has 0 atom stereocenters. The second-order valence-electron chi connectivity index (χ2n) is 7.23. The van der Waals surface area contributed by atoms with Gasteiger partial charge in [0.25, 0.3) is 0 Å². The minimum absolute atomic E-state index is 0.163. The van der Waals surface area contributed by atoms with Gasteiger partial charge in [-0.1, -0.05) is 60.5 Å². The van der Waals surface area contributed by atoms with Crippen LogP contribution in [0.15, 0.2) is 72.8 Å². The molecule has 0 N–H and O–H groups in total. The SMILES string of the molecule is COc1cc(C#CC(=O)OC/C=C/c2ccc(C)c(C)c2)ccc1OCc1ccccc1. The van der Waals surface area contributed by atoms with E-state index in [0.29, 0.717) is 23.7 Å². The third kappa shape index (κ3) is 6.78. The largest absolute Gasteiger partial charge is 0.493 e. The lowest BCUT2D eigenvalue weighted by Crippen LogP contribution is -2.01. The van der Waals surface area contributed by atoms with Crippen molar-refractivity contribution >= 4 is 12.0 Å². The molecule has 0 fully saturated rings. The van der Waals surface area contributed by atoms with Crippen molar-refractivity contribution < 1.29 is 19.0 Å². The Kier molecular flexibility index (Phi) is 8.11. The van der Waals surface area contributed by atoms with E-state index in [9.17, 15) is 4.79 Å². The van der Waals surface area contributed by atoms with Gasteiger partial charge in [-0.15, -0.1) is 0 Å². The minimum Gasteiger partial charge on any atom is -0.493 e. The molecule has 0 aromatic heterocycles. The topological polar surface area (TPSA) is 44.8 Å². The molecule has 0 spiro atoms. The molecule has 0 amide bonds. The summed E-state index contributed by atoms with van der Waals surface area (Å²) >= 11 is 0. The summed E-state index contributed by atoms with van der Waals surface area (Å²) < 4.78 is 16.4. The van der Waals surface area contributed by atoms with Crippen LogP contribution in [0.25, 0.3) is 6.08 Å². The van der Waals surface area contributed by atoms with Crippen molar-refractivity contribution in [2.75, 3.05) is 13.7 Å². The monoisotopic (exact) mass is 426 g/mol. The molecule has 3 aromatic rings. The standard InChI is InChI=1S/C28H26O4/c1-21-11-12-23(18-22(21)2)10-7-17-31-28(29)16-14-24-13-15-26(27(19-24)30-3)32-20-25-8-5-4-6-9-25/h4-13,15,18-19H,17,20H2,1-3H3/b10-7+. The van der Waals surface area contributed by atoms with Crippen molar-refractivity contribution in [2.45, 2.75) is 20.5 Å². The molecule has 0 saturated carbocycles. The van der Waals surface area contributed by atoms with Gasteiger partial charge in [-0.25, -0.2) is 4.79 Å². The van der Waals surface area contributed by atoms with Crippen molar-refractivity contribution in [3.05, 3.63) is 101 Å². The number of esters is 1. The zero-order valence-corrected chi connectivity index (χ0v) is 18.6. The van der Waals surface area contributed by atoms with Gasteiger partial charge in [-0.05, 0) is 60.4 Å². The van der Waals surface area contributed by atoms with Crippen LogP contribution in [-0.4, -0.2) is 19.7 Å². The highest BCUT2D eigenvalue weighted by Gasteiger charge is 2.06. The maximum atomic E-state index is 11.9. The number of rotatable bonds is 7. The number of hydrogen-bond donors (Lipinski definition) is 0. The smallest absolute Gasteiger partial charge is 0.385 e. The number of benzene rings is 3. The molecular formula is C28H26O4. The molecule has 0 radical (unpaired) electrons. The van der Waals surface area contributed by atoms with Crippen LogP contribution in [0.3, 0.4) is 0 Å². The van der Waals surface area contributed by atoms with Crippen LogP contribution in [0.4, 0.5) is 0 Å². The van der Waals surface area contributed by atoms with E-state index < -0.39 is 5.97 Å². The van der Waals surface area contributed by atoms with Crippen molar-refractivity contribution in [1.82, 2.24) is 0 Å². The first-order valence-corrected chi connectivity index (χ1v) is 10.3. The van der Waals surface area contributed by atoms with Crippen molar-refractivity contribution in [2.24, 2.45) is 0 Å². The van der Waals surface area contributed by atoms with Gasteiger partial charge in [0.15, 0.2) is 11.5 Å². The Labute approximate surface area is 189 Å². The summed E-state index contributed by atoms with van der Waals surface area (Å²) in [5, 5.41) is 0. The first kappa shape index (κ1) is 22.7. The molecule has 0 saturated heterocycles. The fourth-order valence-electron chi connectivity index (χ4n) is 2.94. The summed E-state index contributed by atoms with van der Waals surface area (Å²) in [6, 6.07) is 21.4. The molecule has 3 aromatic carbocycles. The van der Waals surface area contributed by atoms with Gasteiger partial charge in [0.1, 0.15) is 13.2 Å². The molecule has 4 nitrogen and oxygen atoms in total. The molecule has 0 unspecified atom stereocenters. The summed E-state index contributed by atoms with van der Waals surface area (Å²) in [6.07, 6.45) is 3.72. The molecule has 0 bridgehead atoms. The molecule has 0 heterocycles. The lowest BCUT2D eigenvalue weighted by atomic mass is 10.1. The van der Waals surface area contributed by atoms with E-state index in [4.69, 9.17) is 14.2 Å². The number of methoxy groups -OCH3 is 1. The van der Waals surface area contributed by atoms with E-state index >= 15 is 0 Å². The minimum atomic E-state index is -0.585. The highest BCUT2D eigenvalue weighted by atomic mass is 16.5.